The Balaban J connectivity index is 3.05. The monoisotopic (exact) mass is 244 g/mol. The minimum absolute atomic E-state index is 0.0333. The summed E-state index contributed by atoms with van der Waals surface area (Å²) in [5.74, 6) is -0.0747. The molecular formula is C9H13BrN2O. The van der Waals surface area contributed by atoms with Gasteiger partial charge in [0.25, 0.3) is 0 Å². The number of pyridine rings is 1. The number of nitrogens with two attached hydrogens (primary N) is 1. The van der Waals surface area contributed by atoms with E-state index in [1.165, 1.54) is 0 Å². The first kappa shape index (κ1) is 10.6. The summed E-state index contributed by atoms with van der Waals surface area (Å²) in [6.45, 7) is 2.43. The molecule has 0 saturated heterocycles. The highest BCUT2D eigenvalue weighted by Gasteiger charge is 2.14. The Morgan fingerprint density at radius 3 is 2.92 bits per heavy atom. The molecule has 1 rings (SSSR count). The Hall–Kier alpha value is -0.450. The van der Waals surface area contributed by atoms with E-state index in [9.17, 15) is 0 Å². The number of hydrogen-bond acceptors (Lipinski definition) is 3. The minimum atomic E-state index is -0.0747. The van der Waals surface area contributed by atoms with Gasteiger partial charge in [0, 0.05) is 23.1 Å². The maximum atomic E-state index is 9.05. The van der Waals surface area contributed by atoms with Crippen molar-refractivity contribution in [2.75, 3.05) is 13.2 Å². The molecule has 0 radical (unpaired) electrons. The first-order valence-electron chi connectivity index (χ1n) is 4.12. The smallest absolute Gasteiger partial charge is 0.0614 e. The van der Waals surface area contributed by atoms with Gasteiger partial charge in [-0.3, -0.25) is 4.98 Å². The van der Waals surface area contributed by atoms with Gasteiger partial charge >= 0.3 is 0 Å². The molecule has 1 aromatic heterocycles. The molecule has 4 heteroatoms. The SMILES string of the molecule is Cc1ccnc(C(CN)CO)c1Br. The van der Waals surface area contributed by atoms with Crippen LogP contribution < -0.4 is 5.73 Å². The lowest BCUT2D eigenvalue weighted by atomic mass is 10.1. The Labute approximate surface area is 86.1 Å². The summed E-state index contributed by atoms with van der Waals surface area (Å²) in [4.78, 5) is 4.19. The zero-order chi connectivity index (χ0) is 9.84. The minimum Gasteiger partial charge on any atom is -0.396 e. The summed E-state index contributed by atoms with van der Waals surface area (Å²) >= 11 is 3.43. The third-order valence-corrected chi connectivity index (χ3v) is 3.03. The molecule has 1 heterocycles. The molecule has 0 aromatic carbocycles. The fourth-order valence-corrected chi connectivity index (χ4v) is 1.68. The molecule has 3 N–H and O–H groups in total. The van der Waals surface area contributed by atoms with Crippen LogP contribution in [0.1, 0.15) is 17.2 Å². The Morgan fingerprint density at radius 1 is 1.69 bits per heavy atom. The summed E-state index contributed by atoms with van der Waals surface area (Å²) in [5.41, 5.74) is 7.46. The second-order valence-electron chi connectivity index (χ2n) is 2.94. The van der Waals surface area contributed by atoms with Crippen molar-refractivity contribution < 1.29 is 5.11 Å². The van der Waals surface area contributed by atoms with Gasteiger partial charge in [0.15, 0.2) is 0 Å². The topological polar surface area (TPSA) is 59.1 Å². The van der Waals surface area contributed by atoms with Gasteiger partial charge in [-0.25, -0.2) is 0 Å². The quantitative estimate of drug-likeness (QED) is 0.840. The molecule has 0 fully saturated rings. The number of aliphatic hydroxyl groups excluding tert-OH is 1. The second-order valence-corrected chi connectivity index (χ2v) is 3.74. The van der Waals surface area contributed by atoms with E-state index in [0.29, 0.717) is 6.54 Å². The van der Waals surface area contributed by atoms with Gasteiger partial charge < -0.3 is 10.8 Å². The van der Waals surface area contributed by atoms with Gasteiger partial charge in [-0.05, 0) is 34.5 Å². The van der Waals surface area contributed by atoms with Crippen molar-refractivity contribution in [3.05, 3.63) is 28.0 Å². The Morgan fingerprint density at radius 2 is 2.38 bits per heavy atom. The highest BCUT2D eigenvalue weighted by atomic mass is 79.9. The normalized spacial score (nSPS) is 12.9. The van der Waals surface area contributed by atoms with Crippen molar-refractivity contribution in [1.82, 2.24) is 4.98 Å². The lowest BCUT2D eigenvalue weighted by Crippen LogP contribution is -2.18. The third-order valence-electron chi connectivity index (χ3n) is 2.00. The molecule has 0 aliphatic carbocycles. The van der Waals surface area contributed by atoms with Crippen molar-refractivity contribution in [2.45, 2.75) is 12.8 Å². The summed E-state index contributed by atoms with van der Waals surface area (Å²) in [7, 11) is 0. The van der Waals surface area contributed by atoms with Crippen molar-refractivity contribution in [2.24, 2.45) is 5.73 Å². The van der Waals surface area contributed by atoms with E-state index in [0.717, 1.165) is 15.7 Å². The summed E-state index contributed by atoms with van der Waals surface area (Å²) in [6, 6.07) is 1.92. The predicted octanol–water partition coefficient (Wildman–Crippen LogP) is 1.19. The highest BCUT2D eigenvalue weighted by molar-refractivity contribution is 9.10. The van der Waals surface area contributed by atoms with Crippen LogP contribution in [0.3, 0.4) is 0 Å². The number of rotatable bonds is 3. The van der Waals surface area contributed by atoms with Crippen LogP contribution in [0.4, 0.5) is 0 Å². The van der Waals surface area contributed by atoms with E-state index in [4.69, 9.17) is 10.8 Å². The van der Waals surface area contributed by atoms with Crippen LogP contribution >= 0.6 is 15.9 Å². The van der Waals surface area contributed by atoms with E-state index in [2.05, 4.69) is 20.9 Å². The lowest BCUT2D eigenvalue weighted by molar-refractivity contribution is 0.265. The number of aliphatic hydroxyl groups is 1. The van der Waals surface area contributed by atoms with E-state index < -0.39 is 0 Å². The molecule has 13 heavy (non-hydrogen) atoms. The van der Waals surface area contributed by atoms with Crippen LogP contribution in [-0.4, -0.2) is 23.2 Å². The fraction of sp³-hybridized carbons (Fsp3) is 0.444. The second kappa shape index (κ2) is 4.69. The van der Waals surface area contributed by atoms with Crippen LogP contribution in [0.25, 0.3) is 0 Å². The number of nitrogens with zero attached hydrogens (tertiary/aromatic N) is 1. The molecule has 0 aliphatic rings. The molecule has 1 unspecified atom stereocenters. The molecule has 0 spiro atoms. The number of halogens is 1. The average Bonchev–Trinajstić information content (AvgIpc) is 2.14. The number of aryl methyl sites for hydroxylation is 1. The van der Waals surface area contributed by atoms with Gasteiger partial charge in [0.05, 0.1) is 12.3 Å². The zero-order valence-corrected chi connectivity index (χ0v) is 9.08. The first-order valence-corrected chi connectivity index (χ1v) is 4.92. The molecule has 0 saturated carbocycles. The third kappa shape index (κ3) is 2.27. The molecule has 1 aromatic rings. The summed E-state index contributed by atoms with van der Waals surface area (Å²) in [6.07, 6.45) is 1.73. The van der Waals surface area contributed by atoms with Gasteiger partial charge in [0.2, 0.25) is 0 Å². The van der Waals surface area contributed by atoms with E-state index in [1.54, 1.807) is 6.20 Å². The largest absolute Gasteiger partial charge is 0.396 e. The van der Waals surface area contributed by atoms with Gasteiger partial charge in [-0.2, -0.15) is 0 Å². The van der Waals surface area contributed by atoms with Crippen molar-refractivity contribution in [3.63, 3.8) is 0 Å². The molecule has 0 bridgehead atoms. The maximum absolute atomic E-state index is 9.05. The molecule has 3 nitrogen and oxygen atoms in total. The average molecular weight is 245 g/mol. The van der Waals surface area contributed by atoms with Crippen LogP contribution in [0.5, 0.6) is 0 Å². The van der Waals surface area contributed by atoms with E-state index in [-0.39, 0.29) is 12.5 Å². The van der Waals surface area contributed by atoms with Crippen LogP contribution in [0, 0.1) is 6.92 Å². The standard InChI is InChI=1S/C9H13BrN2O/c1-6-2-3-12-9(8(6)10)7(4-11)5-13/h2-3,7,13H,4-5,11H2,1H3. The van der Waals surface area contributed by atoms with Gasteiger partial charge in [-0.1, -0.05) is 0 Å². The van der Waals surface area contributed by atoms with Crippen molar-refractivity contribution >= 4 is 15.9 Å². The van der Waals surface area contributed by atoms with Crippen molar-refractivity contribution in [1.29, 1.82) is 0 Å². The molecule has 0 aliphatic heterocycles. The van der Waals surface area contributed by atoms with Crippen LogP contribution in [0.15, 0.2) is 16.7 Å². The van der Waals surface area contributed by atoms with E-state index >= 15 is 0 Å². The Kier molecular flexibility index (Phi) is 3.84. The molecular weight excluding hydrogens is 232 g/mol. The fourth-order valence-electron chi connectivity index (χ4n) is 1.12. The zero-order valence-electron chi connectivity index (χ0n) is 7.50. The molecule has 1 atom stereocenters. The maximum Gasteiger partial charge on any atom is 0.0614 e. The van der Waals surface area contributed by atoms with E-state index in [1.807, 2.05) is 13.0 Å². The van der Waals surface area contributed by atoms with Crippen LogP contribution in [-0.2, 0) is 0 Å². The number of aromatic nitrogens is 1. The molecule has 72 valence electrons. The summed E-state index contributed by atoms with van der Waals surface area (Å²) < 4.78 is 0.944. The molecule has 0 amide bonds. The van der Waals surface area contributed by atoms with Gasteiger partial charge in [0.1, 0.15) is 0 Å². The predicted molar refractivity (Wildman–Crippen MR) is 55.6 cm³/mol. The number of hydrogen-bond donors (Lipinski definition) is 2. The highest BCUT2D eigenvalue weighted by Crippen LogP contribution is 2.24. The first-order chi connectivity index (χ1) is 6.20. The summed E-state index contributed by atoms with van der Waals surface area (Å²) in [5, 5.41) is 9.05. The van der Waals surface area contributed by atoms with Gasteiger partial charge in [-0.15, -0.1) is 0 Å². The Bertz CT molecular complexity index is 287. The lowest BCUT2D eigenvalue weighted by Gasteiger charge is -2.13. The van der Waals surface area contributed by atoms with Crippen LogP contribution in [0.2, 0.25) is 0 Å². The van der Waals surface area contributed by atoms with Crippen molar-refractivity contribution in [3.8, 4) is 0 Å².